The molecule has 1 atom stereocenters. The first-order valence-corrected chi connectivity index (χ1v) is 12.5. The fourth-order valence-corrected chi connectivity index (χ4v) is 5.80. The number of methoxy groups -OCH3 is 1. The van der Waals surface area contributed by atoms with Crippen molar-refractivity contribution < 1.29 is 9.13 Å². The standard InChI is InChI=1S/C25H35FN6O/c1-33-22-12-11-19(14-20(22)26)28-24-30-23(27-15-17-5-3-2-4-6-17)31-25(32-24)29-21-13-16-7-9-18(21)10-8-16/h11-12,14,16-18,21H,2-10,13,15H2,1H3,(H3,27,28,29,30,31,32). The smallest absolute Gasteiger partial charge is 0.233 e. The van der Waals surface area contributed by atoms with Gasteiger partial charge in [-0.05, 0) is 62.0 Å². The van der Waals surface area contributed by atoms with Crippen molar-refractivity contribution in [3.8, 4) is 5.75 Å². The molecular weight excluding hydrogens is 419 g/mol. The van der Waals surface area contributed by atoms with E-state index in [1.165, 1.54) is 77.4 Å². The third kappa shape index (κ3) is 5.47. The Morgan fingerprint density at radius 2 is 1.70 bits per heavy atom. The van der Waals surface area contributed by atoms with Crippen LogP contribution in [0.4, 0.5) is 27.9 Å². The first-order valence-electron chi connectivity index (χ1n) is 12.5. The molecule has 4 fully saturated rings. The number of halogens is 1. The van der Waals surface area contributed by atoms with E-state index in [0.717, 1.165) is 12.5 Å². The third-order valence-electron chi connectivity index (χ3n) is 7.68. The van der Waals surface area contributed by atoms with Gasteiger partial charge in [0.1, 0.15) is 0 Å². The van der Waals surface area contributed by atoms with Crippen LogP contribution >= 0.6 is 0 Å². The van der Waals surface area contributed by atoms with Crippen molar-refractivity contribution >= 4 is 23.5 Å². The Hall–Kier alpha value is -2.64. The van der Waals surface area contributed by atoms with Crippen LogP contribution in [0.1, 0.15) is 64.2 Å². The molecule has 0 radical (unpaired) electrons. The fourth-order valence-electron chi connectivity index (χ4n) is 5.80. The predicted octanol–water partition coefficient (Wildman–Crippen LogP) is 5.75. The zero-order valence-corrected chi connectivity index (χ0v) is 19.4. The number of rotatable bonds is 8. The van der Waals surface area contributed by atoms with Gasteiger partial charge in [-0.3, -0.25) is 0 Å². The van der Waals surface area contributed by atoms with Crippen LogP contribution in [-0.2, 0) is 0 Å². The molecule has 2 aromatic rings. The molecule has 0 amide bonds. The molecule has 33 heavy (non-hydrogen) atoms. The summed E-state index contributed by atoms with van der Waals surface area (Å²) in [6.07, 6.45) is 12.9. The first-order chi connectivity index (χ1) is 16.2. The minimum atomic E-state index is -0.427. The second-order valence-corrected chi connectivity index (χ2v) is 9.93. The van der Waals surface area contributed by atoms with Gasteiger partial charge in [0.2, 0.25) is 17.8 Å². The van der Waals surface area contributed by atoms with Crippen LogP contribution in [0, 0.1) is 23.6 Å². The van der Waals surface area contributed by atoms with Crippen molar-refractivity contribution in [3.05, 3.63) is 24.0 Å². The summed E-state index contributed by atoms with van der Waals surface area (Å²) in [5.41, 5.74) is 0.570. The average molecular weight is 455 g/mol. The summed E-state index contributed by atoms with van der Waals surface area (Å²) in [7, 11) is 1.46. The Labute approximate surface area is 195 Å². The van der Waals surface area contributed by atoms with Crippen LogP contribution in [0.5, 0.6) is 5.75 Å². The van der Waals surface area contributed by atoms with Gasteiger partial charge in [0, 0.05) is 24.3 Å². The summed E-state index contributed by atoms with van der Waals surface area (Å²) in [6.45, 7) is 0.869. The number of fused-ring (bicyclic) bond motifs is 3. The molecule has 7 nitrogen and oxygen atoms in total. The summed E-state index contributed by atoms with van der Waals surface area (Å²) in [4.78, 5) is 13.9. The second-order valence-electron chi connectivity index (χ2n) is 9.93. The number of benzene rings is 1. The Kier molecular flexibility index (Phi) is 6.78. The van der Waals surface area contributed by atoms with E-state index < -0.39 is 5.82 Å². The average Bonchev–Trinajstić information content (AvgIpc) is 2.84. The number of ether oxygens (including phenoxy) is 1. The highest BCUT2D eigenvalue weighted by Gasteiger charge is 2.36. The quantitative estimate of drug-likeness (QED) is 0.469. The van der Waals surface area contributed by atoms with Gasteiger partial charge in [-0.2, -0.15) is 15.0 Å². The SMILES string of the molecule is COc1ccc(Nc2nc(NCC3CCCCC3)nc(NC3CC4CCC3CC4)n2)cc1F. The van der Waals surface area contributed by atoms with Gasteiger partial charge < -0.3 is 20.7 Å². The minimum Gasteiger partial charge on any atom is -0.494 e. The van der Waals surface area contributed by atoms with Gasteiger partial charge in [-0.25, -0.2) is 4.39 Å². The topological polar surface area (TPSA) is 84.0 Å². The zero-order valence-electron chi connectivity index (χ0n) is 19.4. The number of hydrogen-bond donors (Lipinski definition) is 3. The van der Waals surface area contributed by atoms with Crippen molar-refractivity contribution in [1.82, 2.24) is 15.0 Å². The molecule has 4 aliphatic carbocycles. The highest BCUT2D eigenvalue weighted by atomic mass is 19.1. The molecule has 8 heteroatoms. The minimum absolute atomic E-state index is 0.209. The Balaban J connectivity index is 1.34. The van der Waals surface area contributed by atoms with E-state index in [1.54, 1.807) is 12.1 Å². The molecule has 1 unspecified atom stereocenters. The number of anilines is 4. The first kappa shape index (κ1) is 22.2. The van der Waals surface area contributed by atoms with E-state index >= 15 is 0 Å². The maximum Gasteiger partial charge on any atom is 0.233 e. The van der Waals surface area contributed by atoms with Crippen molar-refractivity contribution in [2.75, 3.05) is 29.6 Å². The van der Waals surface area contributed by atoms with E-state index in [9.17, 15) is 4.39 Å². The van der Waals surface area contributed by atoms with Crippen molar-refractivity contribution in [1.29, 1.82) is 0 Å². The number of hydrogen-bond acceptors (Lipinski definition) is 7. The predicted molar refractivity (Wildman–Crippen MR) is 129 cm³/mol. The molecule has 1 aromatic carbocycles. The van der Waals surface area contributed by atoms with Crippen LogP contribution in [-0.4, -0.2) is 34.6 Å². The summed E-state index contributed by atoms with van der Waals surface area (Å²) < 4.78 is 19.2. The van der Waals surface area contributed by atoms with Crippen LogP contribution in [0.2, 0.25) is 0 Å². The third-order valence-corrected chi connectivity index (χ3v) is 7.68. The lowest BCUT2D eigenvalue weighted by molar-refractivity contribution is 0.157. The van der Waals surface area contributed by atoms with Gasteiger partial charge in [-0.1, -0.05) is 32.1 Å². The molecule has 178 valence electrons. The zero-order chi connectivity index (χ0) is 22.6. The van der Waals surface area contributed by atoms with Crippen LogP contribution in [0.15, 0.2) is 18.2 Å². The molecule has 3 N–H and O–H groups in total. The summed E-state index contributed by atoms with van der Waals surface area (Å²) in [5.74, 6) is 3.51. The number of aromatic nitrogens is 3. The Morgan fingerprint density at radius 3 is 2.39 bits per heavy atom. The number of nitrogens with one attached hydrogen (secondary N) is 3. The second kappa shape index (κ2) is 10.1. The maximum absolute atomic E-state index is 14.2. The summed E-state index contributed by atoms with van der Waals surface area (Å²) >= 11 is 0. The van der Waals surface area contributed by atoms with Gasteiger partial charge in [0.25, 0.3) is 0 Å². The molecule has 1 aromatic heterocycles. The molecule has 1 heterocycles. The number of nitrogens with zero attached hydrogens (tertiary/aromatic N) is 3. The van der Waals surface area contributed by atoms with Crippen LogP contribution in [0.25, 0.3) is 0 Å². The highest BCUT2D eigenvalue weighted by Crippen LogP contribution is 2.42. The molecule has 2 bridgehead atoms. The van der Waals surface area contributed by atoms with E-state index in [-0.39, 0.29) is 5.75 Å². The van der Waals surface area contributed by atoms with Crippen LogP contribution in [0.3, 0.4) is 0 Å². The van der Waals surface area contributed by atoms with Gasteiger partial charge in [0.05, 0.1) is 7.11 Å². The Morgan fingerprint density at radius 1 is 0.939 bits per heavy atom. The lowest BCUT2D eigenvalue weighted by Gasteiger charge is -2.42. The van der Waals surface area contributed by atoms with Crippen LogP contribution < -0.4 is 20.7 Å². The molecule has 6 rings (SSSR count). The lowest BCUT2D eigenvalue weighted by Crippen LogP contribution is -2.40. The van der Waals surface area contributed by atoms with E-state index in [4.69, 9.17) is 9.72 Å². The van der Waals surface area contributed by atoms with Gasteiger partial charge in [0.15, 0.2) is 11.6 Å². The fraction of sp³-hybridized carbons (Fsp3) is 0.640. The van der Waals surface area contributed by atoms with E-state index in [1.807, 2.05) is 0 Å². The maximum atomic E-state index is 14.2. The highest BCUT2D eigenvalue weighted by molar-refractivity contribution is 5.57. The molecule has 4 saturated carbocycles. The normalized spacial score (nSPS) is 25.0. The van der Waals surface area contributed by atoms with Gasteiger partial charge in [-0.15, -0.1) is 0 Å². The van der Waals surface area contributed by atoms with Crippen molar-refractivity contribution in [2.45, 2.75) is 70.3 Å². The van der Waals surface area contributed by atoms with Gasteiger partial charge >= 0.3 is 0 Å². The molecule has 0 spiro atoms. The summed E-state index contributed by atoms with van der Waals surface area (Å²) in [5, 5.41) is 10.2. The molecular formula is C25H35FN6O. The molecule has 0 aliphatic heterocycles. The monoisotopic (exact) mass is 454 g/mol. The lowest BCUT2D eigenvalue weighted by atomic mass is 9.68. The summed E-state index contributed by atoms with van der Waals surface area (Å²) in [6, 6.07) is 5.16. The van der Waals surface area contributed by atoms with E-state index in [0.29, 0.717) is 41.4 Å². The molecule has 4 aliphatic rings. The Bertz CT molecular complexity index is 942. The van der Waals surface area contributed by atoms with Crippen molar-refractivity contribution in [2.24, 2.45) is 17.8 Å². The van der Waals surface area contributed by atoms with E-state index in [2.05, 4.69) is 25.9 Å². The largest absolute Gasteiger partial charge is 0.494 e. The molecule has 0 saturated heterocycles. The van der Waals surface area contributed by atoms with Crippen molar-refractivity contribution in [3.63, 3.8) is 0 Å².